The van der Waals surface area contributed by atoms with Gasteiger partial charge in [-0.3, -0.25) is 4.90 Å². The van der Waals surface area contributed by atoms with Crippen LogP contribution < -0.4 is 4.90 Å². The smallest absolute Gasteiger partial charge is 0.416 e. The lowest BCUT2D eigenvalue weighted by atomic mass is 9.98. The molecule has 1 unspecified atom stereocenters. The molecule has 5 rings (SSSR count). The Kier molecular flexibility index (Phi) is 7.21. The minimum atomic E-state index is -4.66. The van der Waals surface area contributed by atoms with Gasteiger partial charge in [-0.2, -0.15) is 13.2 Å². The van der Waals surface area contributed by atoms with Crippen LogP contribution in [0.2, 0.25) is 0 Å². The van der Waals surface area contributed by atoms with Gasteiger partial charge in [-0.25, -0.2) is 19.2 Å². The maximum atomic E-state index is 13.5. The Balaban J connectivity index is 1.49. The predicted octanol–water partition coefficient (Wildman–Crippen LogP) is 6.31. The molecule has 1 amide bonds. The van der Waals surface area contributed by atoms with E-state index < -0.39 is 36.7 Å². The molecule has 3 aromatic rings. The fourth-order valence-corrected chi connectivity index (χ4v) is 5.31. The number of carbonyl (C=O) groups is 1. The van der Waals surface area contributed by atoms with E-state index in [4.69, 9.17) is 19.2 Å². The molecule has 0 spiro atoms. The molecule has 2 aliphatic rings. The van der Waals surface area contributed by atoms with Crippen molar-refractivity contribution in [1.82, 2.24) is 20.0 Å². The summed E-state index contributed by atoms with van der Waals surface area (Å²) >= 11 is 0. The first-order chi connectivity index (χ1) is 18.6. The number of benzene rings is 1. The van der Waals surface area contributed by atoms with Crippen molar-refractivity contribution in [1.29, 1.82) is 0 Å². The van der Waals surface area contributed by atoms with Crippen molar-refractivity contribution in [2.75, 3.05) is 18.0 Å². The van der Waals surface area contributed by atoms with Gasteiger partial charge in [0.1, 0.15) is 24.2 Å². The van der Waals surface area contributed by atoms with Crippen molar-refractivity contribution >= 4 is 11.9 Å². The Morgan fingerprint density at radius 1 is 1.10 bits per heavy atom. The molecule has 2 fully saturated rings. The molecule has 1 aromatic carbocycles. The number of carbonyl (C=O) groups excluding carboxylic acids is 1. The quantitative estimate of drug-likeness (QED) is 0.335. The molecular weight excluding hydrogens is 518 g/mol. The first-order valence-corrected chi connectivity index (χ1v) is 12.8. The summed E-state index contributed by atoms with van der Waals surface area (Å²) in [6, 6.07) is 2.34. The third kappa shape index (κ3) is 5.28. The molecule has 2 aromatic heterocycles. The number of cyclic esters (lactones) is 1. The third-order valence-corrected chi connectivity index (χ3v) is 7.31. The Bertz CT molecular complexity index is 1350. The normalized spacial score (nSPS) is 20.0. The molecule has 0 bridgehead atoms. The minimum Gasteiger partial charge on any atom is -0.439 e. The van der Waals surface area contributed by atoms with Crippen LogP contribution in [0, 0.1) is 13.8 Å². The average Bonchev–Trinajstić information content (AvgIpc) is 3.40. The summed E-state index contributed by atoms with van der Waals surface area (Å²) in [5.74, 6) is 1.23. The topological polar surface area (TPSA) is 84.6 Å². The number of aromatic nitrogens is 3. The van der Waals surface area contributed by atoms with Gasteiger partial charge in [-0.15, -0.1) is 0 Å². The Labute approximate surface area is 223 Å². The maximum absolute atomic E-state index is 13.5. The van der Waals surface area contributed by atoms with Crippen molar-refractivity contribution in [3.63, 3.8) is 0 Å². The maximum Gasteiger partial charge on any atom is 0.416 e. The van der Waals surface area contributed by atoms with Crippen molar-refractivity contribution in [2.24, 2.45) is 0 Å². The van der Waals surface area contributed by atoms with E-state index in [1.165, 1.54) is 11.0 Å². The van der Waals surface area contributed by atoms with Gasteiger partial charge in [0.2, 0.25) is 0 Å². The van der Waals surface area contributed by atoms with E-state index in [2.05, 4.69) is 10.1 Å². The van der Waals surface area contributed by atoms with Crippen LogP contribution in [0.15, 0.2) is 28.9 Å². The largest absolute Gasteiger partial charge is 0.439 e. The molecule has 0 radical (unpaired) electrons. The first kappa shape index (κ1) is 26.9. The summed E-state index contributed by atoms with van der Waals surface area (Å²) in [6.07, 6.45) is -1.58. The number of alkyl halides is 4. The molecule has 8 nitrogen and oxygen atoms in total. The second-order valence-electron chi connectivity index (χ2n) is 10.0. The Morgan fingerprint density at radius 2 is 1.85 bits per heavy atom. The lowest BCUT2D eigenvalue weighted by Crippen LogP contribution is -2.35. The molecular formula is C27H29F4N5O3. The summed E-state index contributed by atoms with van der Waals surface area (Å²) in [5, 5.41) is 4.00. The van der Waals surface area contributed by atoms with Crippen LogP contribution in [0.1, 0.15) is 66.1 Å². The molecule has 39 heavy (non-hydrogen) atoms. The van der Waals surface area contributed by atoms with Gasteiger partial charge in [-0.1, -0.05) is 5.16 Å². The van der Waals surface area contributed by atoms with Crippen molar-refractivity contribution in [2.45, 2.75) is 71.6 Å². The molecule has 0 aliphatic carbocycles. The van der Waals surface area contributed by atoms with Crippen molar-refractivity contribution in [3.8, 4) is 11.3 Å². The van der Waals surface area contributed by atoms with Crippen LogP contribution in [0.4, 0.5) is 28.2 Å². The van der Waals surface area contributed by atoms with Gasteiger partial charge in [0.15, 0.2) is 5.82 Å². The molecule has 4 heterocycles. The number of piperidine rings is 1. The molecule has 0 saturated carbocycles. The highest BCUT2D eigenvalue weighted by atomic mass is 19.4. The summed E-state index contributed by atoms with van der Waals surface area (Å²) in [7, 11) is 0. The number of hydrogen-bond acceptors (Lipinski definition) is 7. The molecule has 2 atom stereocenters. The van der Waals surface area contributed by atoms with Crippen LogP contribution in [0.25, 0.3) is 11.3 Å². The van der Waals surface area contributed by atoms with Gasteiger partial charge in [0, 0.05) is 13.1 Å². The van der Waals surface area contributed by atoms with E-state index in [9.17, 15) is 22.4 Å². The number of ether oxygens (including phenoxy) is 1. The van der Waals surface area contributed by atoms with Gasteiger partial charge in [0.25, 0.3) is 0 Å². The van der Waals surface area contributed by atoms with Crippen molar-refractivity contribution in [3.05, 3.63) is 58.2 Å². The predicted molar refractivity (Wildman–Crippen MR) is 134 cm³/mol. The standard InChI is InChI=1S/C27H29F4N5O3/c1-15-23(17(3)39-34-15)21-13-32-25(35-7-5-4-6-8-35)22(33-21)14-36-16(2)24(38-26(36)37)19-9-18(12-28)10-20(11-19)27(29,30)31/h9-11,13,16,24H,4-8,12,14H2,1-3H3/t16-,24?/m0/s1. The van der Waals surface area contributed by atoms with Crippen LogP contribution in [-0.4, -0.2) is 45.2 Å². The average molecular weight is 548 g/mol. The summed E-state index contributed by atoms with van der Waals surface area (Å²) in [5.41, 5.74) is 1.42. The fraction of sp³-hybridized carbons (Fsp3) is 0.481. The number of rotatable bonds is 6. The number of hydrogen-bond donors (Lipinski definition) is 0. The lowest BCUT2D eigenvalue weighted by Gasteiger charge is -2.30. The summed E-state index contributed by atoms with van der Waals surface area (Å²) < 4.78 is 64.7. The zero-order chi connectivity index (χ0) is 27.9. The van der Waals surface area contributed by atoms with Crippen LogP contribution in [-0.2, 0) is 24.1 Å². The summed E-state index contributed by atoms with van der Waals surface area (Å²) in [4.78, 5) is 26.2. The first-order valence-electron chi connectivity index (χ1n) is 12.8. The van der Waals surface area contributed by atoms with E-state index in [-0.39, 0.29) is 17.7 Å². The van der Waals surface area contributed by atoms with Crippen LogP contribution in [0.3, 0.4) is 0 Å². The van der Waals surface area contributed by atoms with Crippen molar-refractivity contribution < 1.29 is 31.6 Å². The Morgan fingerprint density at radius 3 is 2.49 bits per heavy atom. The zero-order valence-electron chi connectivity index (χ0n) is 21.9. The second kappa shape index (κ2) is 10.5. The van der Waals surface area contributed by atoms with E-state index in [1.54, 1.807) is 27.0 Å². The van der Waals surface area contributed by atoms with E-state index in [1.807, 2.05) is 0 Å². The number of aryl methyl sites for hydroxylation is 2. The van der Waals surface area contributed by atoms with Gasteiger partial charge in [-0.05, 0) is 69.4 Å². The summed E-state index contributed by atoms with van der Waals surface area (Å²) in [6.45, 7) is 5.82. The third-order valence-electron chi connectivity index (χ3n) is 7.31. The lowest BCUT2D eigenvalue weighted by molar-refractivity contribution is -0.137. The zero-order valence-corrected chi connectivity index (χ0v) is 21.9. The molecule has 2 aliphatic heterocycles. The van der Waals surface area contributed by atoms with E-state index >= 15 is 0 Å². The number of nitrogens with zero attached hydrogens (tertiary/aromatic N) is 5. The van der Waals surface area contributed by atoms with Gasteiger partial charge in [0.05, 0.1) is 41.3 Å². The number of anilines is 1. The number of amides is 1. The molecule has 2 saturated heterocycles. The van der Waals surface area contributed by atoms with E-state index in [0.29, 0.717) is 34.2 Å². The second-order valence-corrected chi connectivity index (χ2v) is 10.0. The SMILES string of the molecule is Cc1noc(C)c1-c1cnc(N2CCCCC2)c(CN2C(=O)OC(c3cc(CF)cc(C(F)(F)F)c3)[C@@H]2C)n1. The van der Waals surface area contributed by atoms with Gasteiger partial charge < -0.3 is 14.2 Å². The molecule has 0 N–H and O–H groups in total. The Hall–Kier alpha value is -3.70. The molecule has 208 valence electrons. The highest BCUT2D eigenvalue weighted by Crippen LogP contribution is 2.39. The minimum absolute atomic E-state index is 0.0292. The molecule has 12 heteroatoms. The van der Waals surface area contributed by atoms with E-state index in [0.717, 1.165) is 44.5 Å². The van der Waals surface area contributed by atoms with Crippen LogP contribution in [0.5, 0.6) is 0 Å². The van der Waals surface area contributed by atoms with Gasteiger partial charge >= 0.3 is 12.3 Å². The highest BCUT2D eigenvalue weighted by molar-refractivity contribution is 5.72. The fourth-order valence-electron chi connectivity index (χ4n) is 5.31. The van der Waals surface area contributed by atoms with Crippen LogP contribution >= 0.6 is 0 Å². The highest BCUT2D eigenvalue weighted by Gasteiger charge is 2.42. The monoisotopic (exact) mass is 547 g/mol. The number of halogens is 4.